The maximum atomic E-state index is 12.3. The number of hydrogen-bond donors (Lipinski definition) is 2. The van der Waals surface area contributed by atoms with Crippen LogP contribution in [-0.2, 0) is 21.4 Å². The molecule has 1 unspecified atom stereocenters. The topological polar surface area (TPSA) is 86.7 Å². The van der Waals surface area contributed by atoms with Crippen LogP contribution in [-0.4, -0.2) is 54.4 Å². The number of amides is 3. The molecule has 154 valence electrons. The van der Waals surface area contributed by atoms with Crippen molar-refractivity contribution in [2.45, 2.75) is 18.9 Å². The zero-order valence-corrected chi connectivity index (χ0v) is 17.0. The average Bonchev–Trinajstić information content (AvgIpc) is 3.30. The predicted molar refractivity (Wildman–Crippen MR) is 112 cm³/mol. The lowest BCUT2D eigenvalue weighted by atomic mass is 10.2. The van der Waals surface area contributed by atoms with E-state index in [2.05, 4.69) is 10.6 Å². The molecule has 0 saturated carbocycles. The lowest BCUT2D eigenvalue weighted by Gasteiger charge is -2.25. The largest absolute Gasteiger partial charge is 0.353 e. The van der Waals surface area contributed by atoms with Crippen LogP contribution in [0.15, 0.2) is 42.6 Å². The number of aryl methyl sites for hydroxylation is 1. The molecule has 8 heteroatoms. The molecule has 3 amide bonds. The number of anilines is 2. The van der Waals surface area contributed by atoms with Gasteiger partial charge in [-0.15, -0.1) is 0 Å². The van der Waals surface area contributed by atoms with E-state index in [4.69, 9.17) is 0 Å². The molecule has 1 atom stereocenters. The number of benzene rings is 1. The zero-order chi connectivity index (χ0) is 21.0. The molecule has 1 aliphatic heterocycles. The van der Waals surface area contributed by atoms with Gasteiger partial charge in [0.25, 0.3) is 0 Å². The smallest absolute Gasteiger partial charge is 0.313 e. The molecule has 2 heterocycles. The van der Waals surface area contributed by atoms with E-state index in [1.807, 2.05) is 55.0 Å². The van der Waals surface area contributed by atoms with Gasteiger partial charge in [-0.2, -0.15) is 0 Å². The fraction of sp³-hybridized carbons (Fsp3) is 0.381. The molecule has 29 heavy (non-hydrogen) atoms. The van der Waals surface area contributed by atoms with E-state index < -0.39 is 11.8 Å². The van der Waals surface area contributed by atoms with Crippen LogP contribution in [0.3, 0.4) is 0 Å². The van der Waals surface area contributed by atoms with Gasteiger partial charge in [0.05, 0.1) is 6.04 Å². The Kier molecular flexibility index (Phi) is 6.33. The van der Waals surface area contributed by atoms with Crippen LogP contribution in [0, 0.1) is 0 Å². The van der Waals surface area contributed by atoms with Crippen LogP contribution in [0.4, 0.5) is 11.4 Å². The monoisotopic (exact) mass is 397 g/mol. The minimum Gasteiger partial charge on any atom is -0.353 e. The zero-order valence-electron chi connectivity index (χ0n) is 17.0. The Balaban J connectivity index is 1.60. The van der Waals surface area contributed by atoms with E-state index in [9.17, 15) is 14.4 Å². The van der Waals surface area contributed by atoms with Gasteiger partial charge in [0.2, 0.25) is 5.91 Å². The Morgan fingerprint density at radius 3 is 2.59 bits per heavy atom. The van der Waals surface area contributed by atoms with Crippen molar-refractivity contribution in [1.82, 2.24) is 14.8 Å². The van der Waals surface area contributed by atoms with E-state index in [1.165, 1.54) is 0 Å². The summed E-state index contributed by atoms with van der Waals surface area (Å²) in [6.45, 7) is 0.973. The normalized spacial score (nSPS) is 14.9. The molecule has 2 aromatic rings. The summed E-state index contributed by atoms with van der Waals surface area (Å²) < 4.78 is 1.99. The van der Waals surface area contributed by atoms with Gasteiger partial charge in [0.15, 0.2) is 0 Å². The second-order valence-corrected chi connectivity index (χ2v) is 7.39. The van der Waals surface area contributed by atoms with E-state index in [0.29, 0.717) is 25.2 Å². The Bertz CT molecular complexity index is 905. The molecule has 0 radical (unpaired) electrons. The molecule has 0 spiro atoms. The number of carbonyl (C=O) groups excluding carboxylic acids is 3. The fourth-order valence-corrected chi connectivity index (χ4v) is 3.50. The van der Waals surface area contributed by atoms with Gasteiger partial charge >= 0.3 is 11.8 Å². The number of aromatic nitrogens is 1. The second kappa shape index (κ2) is 8.91. The third-order valence-corrected chi connectivity index (χ3v) is 5.10. The highest BCUT2D eigenvalue weighted by Gasteiger charge is 2.23. The standard InChI is InChI=1S/C21H27N5O3/c1-24(2)18(17-9-5-11-25(17)3)14-22-20(28)21(29)23-15-7-4-8-16(13-15)26-12-6-10-19(26)27/h4-5,7-9,11,13,18H,6,10,12,14H2,1-3H3,(H,22,28)(H,23,29). The van der Waals surface area contributed by atoms with Crippen molar-refractivity contribution >= 4 is 29.1 Å². The maximum absolute atomic E-state index is 12.3. The Hall–Kier alpha value is -3.13. The molecule has 0 bridgehead atoms. The minimum atomic E-state index is -0.737. The summed E-state index contributed by atoms with van der Waals surface area (Å²) in [5, 5.41) is 5.32. The number of nitrogens with one attached hydrogen (secondary N) is 2. The molecule has 1 aromatic heterocycles. The summed E-state index contributed by atoms with van der Waals surface area (Å²) >= 11 is 0. The molecule has 1 aromatic carbocycles. The maximum Gasteiger partial charge on any atom is 0.313 e. The van der Waals surface area contributed by atoms with Gasteiger partial charge in [-0.25, -0.2) is 0 Å². The Labute approximate surface area is 170 Å². The summed E-state index contributed by atoms with van der Waals surface area (Å²) in [6, 6.07) is 10.9. The highest BCUT2D eigenvalue weighted by molar-refractivity contribution is 6.39. The molecule has 1 fully saturated rings. The van der Waals surface area contributed by atoms with Gasteiger partial charge in [0.1, 0.15) is 0 Å². The second-order valence-electron chi connectivity index (χ2n) is 7.39. The van der Waals surface area contributed by atoms with Crippen LogP contribution in [0.25, 0.3) is 0 Å². The fourth-order valence-electron chi connectivity index (χ4n) is 3.50. The number of nitrogens with zero attached hydrogens (tertiary/aromatic N) is 3. The minimum absolute atomic E-state index is 0.0590. The lowest BCUT2D eigenvalue weighted by molar-refractivity contribution is -0.136. The van der Waals surface area contributed by atoms with Crippen LogP contribution >= 0.6 is 0 Å². The van der Waals surface area contributed by atoms with Gasteiger partial charge < -0.3 is 20.1 Å². The van der Waals surface area contributed by atoms with Crippen molar-refractivity contribution in [3.05, 3.63) is 48.3 Å². The molecule has 2 N–H and O–H groups in total. The molecular formula is C21H27N5O3. The van der Waals surface area contributed by atoms with Crippen LogP contribution < -0.4 is 15.5 Å². The lowest BCUT2D eigenvalue weighted by Crippen LogP contribution is -2.40. The van der Waals surface area contributed by atoms with E-state index in [-0.39, 0.29) is 11.9 Å². The van der Waals surface area contributed by atoms with Crippen molar-refractivity contribution in [3.63, 3.8) is 0 Å². The van der Waals surface area contributed by atoms with Gasteiger partial charge in [-0.05, 0) is 50.8 Å². The first kappa shape index (κ1) is 20.6. The van der Waals surface area contributed by atoms with Crippen molar-refractivity contribution in [2.75, 3.05) is 37.4 Å². The molecular weight excluding hydrogens is 370 g/mol. The summed E-state index contributed by atoms with van der Waals surface area (Å²) in [5.74, 6) is -1.37. The van der Waals surface area contributed by atoms with Crippen molar-refractivity contribution < 1.29 is 14.4 Å². The average molecular weight is 397 g/mol. The van der Waals surface area contributed by atoms with E-state index in [0.717, 1.165) is 17.8 Å². The van der Waals surface area contributed by atoms with Crippen molar-refractivity contribution in [1.29, 1.82) is 0 Å². The third kappa shape index (κ3) is 4.83. The first-order chi connectivity index (χ1) is 13.9. The molecule has 1 aliphatic rings. The van der Waals surface area contributed by atoms with E-state index in [1.54, 1.807) is 23.1 Å². The third-order valence-electron chi connectivity index (χ3n) is 5.10. The molecule has 3 rings (SSSR count). The highest BCUT2D eigenvalue weighted by Crippen LogP contribution is 2.24. The van der Waals surface area contributed by atoms with Gasteiger partial charge in [0, 0.05) is 49.8 Å². The number of likely N-dealkylation sites (N-methyl/N-ethyl adjacent to an activating group) is 1. The van der Waals surface area contributed by atoms with Gasteiger partial charge in [-0.3, -0.25) is 19.3 Å². The van der Waals surface area contributed by atoms with E-state index >= 15 is 0 Å². The number of hydrogen-bond acceptors (Lipinski definition) is 4. The van der Waals surface area contributed by atoms with Crippen LogP contribution in [0.5, 0.6) is 0 Å². The summed E-state index contributed by atoms with van der Waals surface area (Å²) in [6.07, 6.45) is 3.30. The summed E-state index contributed by atoms with van der Waals surface area (Å²) in [7, 11) is 5.79. The summed E-state index contributed by atoms with van der Waals surface area (Å²) in [5.41, 5.74) is 2.25. The Morgan fingerprint density at radius 1 is 1.17 bits per heavy atom. The first-order valence-corrected chi connectivity index (χ1v) is 9.64. The predicted octanol–water partition coefficient (Wildman–Crippen LogP) is 1.51. The summed E-state index contributed by atoms with van der Waals surface area (Å²) in [4.78, 5) is 40.2. The highest BCUT2D eigenvalue weighted by atomic mass is 16.2. The quantitative estimate of drug-likeness (QED) is 0.724. The number of rotatable bonds is 6. The van der Waals surface area contributed by atoms with Crippen LogP contribution in [0.2, 0.25) is 0 Å². The molecule has 8 nitrogen and oxygen atoms in total. The van der Waals surface area contributed by atoms with Gasteiger partial charge in [-0.1, -0.05) is 6.07 Å². The number of carbonyl (C=O) groups is 3. The first-order valence-electron chi connectivity index (χ1n) is 9.64. The van der Waals surface area contributed by atoms with Crippen molar-refractivity contribution in [3.8, 4) is 0 Å². The molecule has 0 aliphatic carbocycles. The Morgan fingerprint density at radius 2 is 1.97 bits per heavy atom. The van der Waals surface area contributed by atoms with Crippen molar-refractivity contribution in [2.24, 2.45) is 7.05 Å². The van der Waals surface area contributed by atoms with Crippen LogP contribution in [0.1, 0.15) is 24.6 Å². The molecule has 1 saturated heterocycles. The SMILES string of the molecule is CN(C)C(CNC(=O)C(=O)Nc1cccc(N2CCCC2=O)c1)c1cccn1C.